The smallest absolute Gasteiger partial charge is 0.262 e. The molecule has 0 aliphatic rings. The number of hydrogen-bond donors (Lipinski definition) is 2. The molecule has 0 saturated heterocycles. The van der Waals surface area contributed by atoms with Crippen molar-refractivity contribution in [3.8, 4) is 5.75 Å². The maximum absolute atomic E-state index is 12.0. The van der Waals surface area contributed by atoms with Gasteiger partial charge in [0.1, 0.15) is 5.75 Å². The van der Waals surface area contributed by atoms with Crippen molar-refractivity contribution in [2.75, 3.05) is 11.9 Å². The minimum absolute atomic E-state index is 0.145. The van der Waals surface area contributed by atoms with E-state index in [1.54, 1.807) is 48.5 Å². The van der Waals surface area contributed by atoms with E-state index in [2.05, 4.69) is 15.8 Å². The van der Waals surface area contributed by atoms with E-state index in [-0.39, 0.29) is 24.8 Å². The fraction of sp³-hybridized carbons (Fsp3) is 0.0870. The Morgan fingerprint density at radius 3 is 2.33 bits per heavy atom. The first-order valence-corrected chi connectivity index (χ1v) is 9.61. The molecule has 0 unspecified atom stereocenters. The maximum Gasteiger partial charge on any atom is 0.262 e. The first kappa shape index (κ1) is 21.1. The second kappa shape index (κ2) is 10.8. The Bertz CT molecular complexity index is 1020. The number of halogens is 1. The molecular weight excluding hydrogens is 402 g/mol. The molecule has 0 spiro atoms. The molecule has 3 rings (SSSR count). The molecule has 0 aliphatic carbocycles. The largest absolute Gasteiger partial charge is 0.484 e. The third kappa shape index (κ3) is 6.76. The number of nitrogens with zero attached hydrogens (tertiary/aromatic N) is 1. The standard InChI is InChI=1S/C23H20ClN3O3/c24-20-8-4-5-9-21(20)26-23(29)16-30-19-12-10-18(11-13-19)15-25-27-22(28)14-17-6-2-1-3-7-17/h1-13,15H,14,16H2,(H,26,29)(H,27,28)/b25-15+. The van der Waals surface area contributed by atoms with Gasteiger partial charge in [-0.15, -0.1) is 0 Å². The molecule has 7 heteroatoms. The van der Waals surface area contributed by atoms with E-state index in [0.29, 0.717) is 16.5 Å². The highest BCUT2D eigenvalue weighted by molar-refractivity contribution is 6.33. The lowest BCUT2D eigenvalue weighted by atomic mass is 10.1. The van der Waals surface area contributed by atoms with Crippen molar-refractivity contribution in [3.63, 3.8) is 0 Å². The predicted molar refractivity (Wildman–Crippen MR) is 118 cm³/mol. The molecular formula is C23H20ClN3O3. The Kier molecular flexibility index (Phi) is 7.58. The fourth-order valence-electron chi connectivity index (χ4n) is 2.55. The van der Waals surface area contributed by atoms with Crippen LogP contribution in [0.3, 0.4) is 0 Å². The van der Waals surface area contributed by atoms with Crippen molar-refractivity contribution in [2.24, 2.45) is 5.10 Å². The van der Waals surface area contributed by atoms with E-state index >= 15 is 0 Å². The maximum atomic E-state index is 12.0. The quantitative estimate of drug-likeness (QED) is 0.425. The van der Waals surface area contributed by atoms with Crippen molar-refractivity contribution >= 4 is 35.3 Å². The van der Waals surface area contributed by atoms with E-state index in [0.717, 1.165) is 11.1 Å². The first-order valence-electron chi connectivity index (χ1n) is 9.23. The SMILES string of the molecule is O=C(Cc1ccccc1)N/N=C/c1ccc(OCC(=O)Nc2ccccc2Cl)cc1. The van der Waals surface area contributed by atoms with Gasteiger partial charge in [0.05, 0.1) is 23.3 Å². The second-order valence-electron chi connectivity index (χ2n) is 6.34. The Labute approximate surface area is 179 Å². The summed E-state index contributed by atoms with van der Waals surface area (Å²) in [5, 5.41) is 7.11. The first-order chi connectivity index (χ1) is 14.6. The number of nitrogens with one attached hydrogen (secondary N) is 2. The fourth-order valence-corrected chi connectivity index (χ4v) is 2.73. The highest BCUT2D eigenvalue weighted by Gasteiger charge is 2.06. The number of ether oxygens (including phenoxy) is 1. The summed E-state index contributed by atoms with van der Waals surface area (Å²) >= 11 is 6.01. The van der Waals surface area contributed by atoms with E-state index in [1.807, 2.05) is 30.3 Å². The summed E-state index contributed by atoms with van der Waals surface area (Å²) in [5.74, 6) is 0.0337. The summed E-state index contributed by atoms with van der Waals surface area (Å²) in [6.45, 7) is -0.145. The normalized spacial score (nSPS) is 10.6. The molecule has 0 aromatic heterocycles. The van der Waals surface area contributed by atoms with Crippen LogP contribution in [0.4, 0.5) is 5.69 Å². The minimum atomic E-state index is -0.310. The molecule has 0 saturated carbocycles. The van der Waals surface area contributed by atoms with Crippen LogP contribution in [-0.4, -0.2) is 24.6 Å². The zero-order valence-corrected chi connectivity index (χ0v) is 16.8. The van der Waals surface area contributed by atoms with Crippen LogP contribution in [0.15, 0.2) is 84.0 Å². The highest BCUT2D eigenvalue weighted by atomic mass is 35.5. The van der Waals surface area contributed by atoms with Gasteiger partial charge in [-0.2, -0.15) is 5.10 Å². The number of amides is 2. The van der Waals surface area contributed by atoms with E-state index in [4.69, 9.17) is 16.3 Å². The summed E-state index contributed by atoms with van der Waals surface area (Å²) in [4.78, 5) is 23.9. The van der Waals surface area contributed by atoms with Gasteiger partial charge in [0, 0.05) is 0 Å². The van der Waals surface area contributed by atoms with Gasteiger partial charge in [0.25, 0.3) is 5.91 Å². The van der Waals surface area contributed by atoms with Crippen molar-refractivity contribution in [2.45, 2.75) is 6.42 Å². The molecule has 0 heterocycles. The second-order valence-corrected chi connectivity index (χ2v) is 6.75. The van der Waals surface area contributed by atoms with Gasteiger partial charge in [-0.1, -0.05) is 54.1 Å². The van der Waals surface area contributed by atoms with Crippen molar-refractivity contribution in [3.05, 3.63) is 95.0 Å². The molecule has 0 fully saturated rings. The highest BCUT2D eigenvalue weighted by Crippen LogP contribution is 2.20. The monoisotopic (exact) mass is 421 g/mol. The van der Waals surface area contributed by atoms with Crippen molar-refractivity contribution in [1.29, 1.82) is 0 Å². The number of carbonyl (C=O) groups is 2. The molecule has 0 bridgehead atoms. The molecule has 0 atom stereocenters. The third-order valence-electron chi connectivity index (χ3n) is 4.01. The molecule has 0 aliphatic heterocycles. The zero-order valence-electron chi connectivity index (χ0n) is 16.0. The molecule has 6 nitrogen and oxygen atoms in total. The number of carbonyl (C=O) groups excluding carboxylic acids is 2. The average molecular weight is 422 g/mol. The molecule has 2 N–H and O–H groups in total. The molecule has 3 aromatic rings. The summed E-state index contributed by atoms with van der Waals surface area (Å²) in [6.07, 6.45) is 1.80. The summed E-state index contributed by atoms with van der Waals surface area (Å²) < 4.78 is 5.47. The number of para-hydroxylation sites is 1. The summed E-state index contributed by atoms with van der Waals surface area (Å²) in [5.41, 5.74) is 4.74. The lowest BCUT2D eigenvalue weighted by Crippen LogP contribution is -2.20. The van der Waals surface area contributed by atoms with E-state index in [9.17, 15) is 9.59 Å². The third-order valence-corrected chi connectivity index (χ3v) is 4.34. The van der Waals surface area contributed by atoms with Gasteiger partial charge in [-0.25, -0.2) is 5.43 Å². The van der Waals surface area contributed by atoms with Crippen LogP contribution in [0.1, 0.15) is 11.1 Å². The minimum Gasteiger partial charge on any atom is -0.484 e. The van der Waals surface area contributed by atoms with Crippen molar-refractivity contribution < 1.29 is 14.3 Å². The predicted octanol–water partition coefficient (Wildman–Crippen LogP) is 4.05. The lowest BCUT2D eigenvalue weighted by Gasteiger charge is -2.08. The van der Waals surface area contributed by atoms with Crippen LogP contribution in [-0.2, 0) is 16.0 Å². The number of hydrogen-bond acceptors (Lipinski definition) is 4. The Morgan fingerprint density at radius 2 is 1.60 bits per heavy atom. The van der Waals surface area contributed by atoms with Crippen LogP contribution in [0.25, 0.3) is 0 Å². The van der Waals surface area contributed by atoms with Crippen LogP contribution >= 0.6 is 11.6 Å². The Morgan fingerprint density at radius 1 is 0.900 bits per heavy atom. The van der Waals surface area contributed by atoms with Gasteiger partial charge in [0.2, 0.25) is 5.91 Å². The van der Waals surface area contributed by atoms with Crippen LogP contribution < -0.4 is 15.5 Å². The molecule has 152 valence electrons. The summed E-state index contributed by atoms with van der Waals surface area (Å²) in [6, 6.07) is 23.4. The van der Waals surface area contributed by atoms with E-state index < -0.39 is 0 Å². The van der Waals surface area contributed by atoms with Gasteiger partial charge < -0.3 is 10.1 Å². The van der Waals surface area contributed by atoms with E-state index in [1.165, 1.54) is 6.21 Å². The van der Waals surface area contributed by atoms with Gasteiger partial charge in [-0.3, -0.25) is 9.59 Å². The Balaban J connectivity index is 1.43. The molecule has 3 aromatic carbocycles. The van der Waals surface area contributed by atoms with Gasteiger partial charge >= 0.3 is 0 Å². The zero-order chi connectivity index (χ0) is 21.2. The van der Waals surface area contributed by atoms with Crippen LogP contribution in [0.5, 0.6) is 5.75 Å². The number of anilines is 1. The average Bonchev–Trinajstić information content (AvgIpc) is 2.75. The van der Waals surface area contributed by atoms with Crippen LogP contribution in [0.2, 0.25) is 5.02 Å². The molecule has 0 radical (unpaired) electrons. The Hall–Kier alpha value is -3.64. The molecule has 2 amide bonds. The number of hydrazone groups is 1. The van der Waals surface area contributed by atoms with Gasteiger partial charge in [0.15, 0.2) is 6.61 Å². The van der Waals surface area contributed by atoms with Crippen molar-refractivity contribution in [1.82, 2.24) is 5.43 Å². The van der Waals surface area contributed by atoms with Crippen LogP contribution in [0, 0.1) is 0 Å². The molecule has 30 heavy (non-hydrogen) atoms. The number of rotatable bonds is 8. The lowest BCUT2D eigenvalue weighted by molar-refractivity contribution is -0.120. The van der Waals surface area contributed by atoms with Gasteiger partial charge in [-0.05, 0) is 47.5 Å². The number of benzene rings is 3. The summed E-state index contributed by atoms with van der Waals surface area (Å²) in [7, 11) is 0. The topological polar surface area (TPSA) is 79.8 Å².